The first-order chi connectivity index (χ1) is 17.6. The van der Waals surface area contributed by atoms with Gasteiger partial charge in [0.1, 0.15) is 0 Å². The van der Waals surface area contributed by atoms with Crippen molar-refractivity contribution in [2.45, 2.75) is 17.9 Å². The van der Waals surface area contributed by atoms with E-state index in [1.54, 1.807) is 23.3 Å². The standard InChI is InChI=1S/C29H24N2O3S2/c1-3-34-28(33)24-25(20-10-6-4-7-11-20)30-29-31(26(24)21-12-8-5-9-13-21)27(32)23(36-29)18-19-14-16-22(35-2)17-15-19/h4-18,26H,3H2,1-2H3/b23-18+/t26-/m1/s1. The van der Waals surface area contributed by atoms with Crippen LogP contribution in [0.2, 0.25) is 0 Å². The van der Waals surface area contributed by atoms with Crippen molar-refractivity contribution in [3.8, 4) is 0 Å². The number of thioether (sulfide) groups is 1. The van der Waals surface area contributed by atoms with E-state index in [1.807, 2.05) is 97.3 Å². The van der Waals surface area contributed by atoms with E-state index in [0.29, 0.717) is 20.6 Å². The second-order valence-corrected chi connectivity index (χ2v) is 10.0. The number of rotatable bonds is 6. The molecule has 4 aromatic rings. The van der Waals surface area contributed by atoms with E-state index in [2.05, 4.69) is 0 Å². The van der Waals surface area contributed by atoms with Crippen LogP contribution < -0.4 is 14.9 Å². The van der Waals surface area contributed by atoms with Gasteiger partial charge in [-0.2, -0.15) is 0 Å². The molecule has 180 valence electrons. The predicted octanol–water partition coefficient (Wildman–Crippen LogP) is 4.66. The zero-order valence-corrected chi connectivity index (χ0v) is 21.5. The van der Waals surface area contributed by atoms with Crippen molar-refractivity contribution in [3.05, 3.63) is 127 Å². The van der Waals surface area contributed by atoms with Gasteiger partial charge >= 0.3 is 5.97 Å². The monoisotopic (exact) mass is 512 g/mol. The molecule has 5 nitrogen and oxygen atoms in total. The van der Waals surface area contributed by atoms with Gasteiger partial charge in [-0.15, -0.1) is 11.8 Å². The Kier molecular flexibility index (Phi) is 7.02. The Labute approximate surface area is 217 Å². The van der Waals surface area contributed by atoms with E-state index in [4.69, 9.17) is 9.73 Å². The summed E-state index contributed by atoms with van der Waals surface area (Å²) < 4.78 is 7.67. The lowest BCUT2D eigenvalue weighted by molar-refractivity contribution is -0.138. The number of carbonyl (C=O) groups excluding carboxylic acids is 1. The smallest absolute Gasteiger partial charge is 0.338 e. The molecule has 5 rings (SSSR count). The number of fused-ring (bicyclic) bond motifs is 1. The maximum atomic E-state index is 13.8. The number of aromatic nitrogens is 1. The highest BCUT2D eigenvalue weighted by Crippen LogP contribution is 2.35. The van der Waals surface area contributed by atoms with Crippen LogP contribution in [0.4, 0.5) is 0 Å². The molecule has 3 aromatic carbocycles. The normalized spacial score (nSPS) is 15.4. The van der Waals surface area contributed by atoms with Crippen LogP contribution in [0, 0.1) is 0 Å². The summed E-state index contributed by atoms with van der Waals surface area (Å²) in [4.78, 5) is 33.7. The molecule has 2 heterocycles. The van der Waals surface area contributed by atoms with Crippen molar-refractivity contribution < 1.29 is 9.53 Å². The second kappa shape index (κ2) is 10.5. The molecule has 0 N–H and O–H groups in total. The van der Waals surface area contributed by atoms with Crippen molar-refractivity contribution in [2.75, 3.05) is 12.9 Å². The quantitative estimate of drug-likeness (QED) is 0.279. The molecule has 1 aliphatic heterocycles. The van der Waals surface area contributed by atoms with Gasteiger partial charge in [0.15, 0.2) is 4.80 Å². The molecule has 36 heavy (non-hydrogen) atoms. The highest BCUT2D eigenvalue weighted by Gasteiger charge is 2.35. The third kappa shape index (κ3) is 4.59. The highest BCUT2D eigenvalue weighted by molar-refractivity contribution is 7.98. The van der Waals surface area contributed by atoms with E-state index in [1.165, 1.54) is 11.3 Å². The lowest BCUT2D eigenvalue weighted by Gasteiger charge is -2.25. The minimum atomic E-state index is -0.655. The Morgan fingerprint density at radius 2 is 1.69 bits per heavy atom. The average Bonchev–Trinajstić information content (AvgIpc) is 3.23. The van der Waals surface area contributed by atoms with Crippen LogP contribution in [0.5, 0.6) is 0 Å². The fraction of sp³-hybridized carbons (Fsp3) is 0.138. The van der Waals surface area contributed by atoms with Crippen LogP contribution in [-0.2, 0) is 9.53 Å². The Hall–Kier alpha value is -3.68. The average molecular weight is 513 g/mol. The Bertz CT molecular complexity index is 1600. The molecule has 0 radical (unpaired) electrons. The van der Waals surface area contributed by atoms with E-state index < -0.39 is 12.0 Å². The van der Waals surface area contributed by atoms with Gasteiger partial charge < -0.3 is 4.74 Å². The number of hydrogen-bond donors (Lipinski definition) is 0. The van der Waals surface area contributed by atoms with Gasteiger partial charge in [0, 0.05) is 10.5 Å². The molecule has 1 aliphatic rings. The first kappa shape index (κ1) is 24.0. The second-order valence-electron chi connectivity index (χ2n) is 8.12. The minimum absolute atomic E-state index is 0.185. The van der Waals surface area contributed by atoms with Gasteiger partial charge in [0.2, 0.25) is 0 Å². The van der Waals surface area contributed by atoms with Crippen LogP contribution in [0.3, 0.4) is 0 Å². The molecule has 0 amide bonds. The van der Waals surface area contributed by atoms with E-state index in [-0.39, 0.29) is 12.2 Å². The van der Waals surface area contributed by atoms with Crippen LogP contribution >= 0.6 is 23.1 Å². The fourth-order valence-corrected chi connectivity index (χ4v) is 5.65. The predicted molar refractivity (Wildman–Crippen MR) is 146 cm³/mol. The van der Waals surface area contributed by atoms with Gasteiger partial charge in [-0.1, -0.05) is 84.1 Å². The number of nitrogens with zero attached hydrogens (tertiary/aromatic N) is 2. The van der Waals surface area contributed by atoms with Gasteiger partial charge in [-0.3, -0.25) is 9.36 Å². The molecule has 0 fully saturated rings. The summed E-state index contributed by atoms with van der Waals surface area (Å²) in [5, 5.41) is 0. The van der Waals surface area contributed by atoms with E-state index >= 15 is 0 Å². The first-order valence-corrected chi connectivity index (χ1v) is 13.6. The van der Waals surface area contributed by atoms with Crippen molar-refractivity contribution in [1.82, 2.24) is 4.57 Å². The molecular formula is C29H24N2O3S2. The summed E-state index contributed by atoms with van der Waals surface area (Å²) in [7, 11) is 0. The summed E-state index contributed by atoms with van der Waals surface area (Å²) in [6.45, 7) is 2.00. The largest absolute Gasteiger partial charge is 0.463 e. The Morgan fingerprint density at radius 3 is 2.33 bits per heavy atom. The maximum Gasteiger partial charge on any atom is 0.338 e. The Morgan fingerprint density at radius 1 is 1.03 bits per heavy atom. The molecule has 0 saturated carbocycles. The van der Waals surface area contributed by atoms with E-state index in [0.717, 1.165) is 21.6 Å². The summed E-state index contributed by atoms with van der Waals surface area (Å²) in [5.41, 5.74) is 3.25. The van der Waals surface area contributed by atoms with Gasteiger partial charge in [-0.05, 0) is 42.5 Å². The number of thiazole rings is 1. The summed E-state index contributed by atoms with van der Waals surface area (Å²) >= 11 is 3.00. The molecule has 1 atom stereocenters. The molecule has 0 bridgehead atoms. The third-order valence-corrected chi connectivity index (χ3v) is 7.63. The number of hydrogen-bond acceptors (Lipinski definition) is 6. The topological polar surface area (TPSA) is 60.7 Å². The Balaban J connectivity index is 1.79. The van der Waals surface area contributed by atoms with Crippen molar-refractivity contribution in [3.63, 3.8) is 0 Å². The molecule has 0 saturated heterocycles. The molecule has 0 aliphatic carbocycles. The van der Waals surface area contributed by atoms with Gasteiger partial charge in [-0.25, -0.2) is 9.79 Å². The zero-order valence-electron chi connectivity index (χ0n) is 19.9. The first-order valence-electron chi connectivity index (χ1n) is 11.6. The molecular weight excluding hydrogens is 488 g/mol. The number of benzene rings is 3. The summed E-state index contributed by atoms with van der Waals surface area (Å²) in [6, 6.07) is 26.6. The minimum Gasteiger partial charge on any atom is -0.463 e. The van der Waals surface area contributed by atoms with Crippen LogP contribution in [-0.4, -0.2) is 23.4 Å². The number of carbonyl (C=O) groups is 1. The molecule has 7 heteroatoms. The molecule has 0 unspecified atom stereocenters. The van der Waals surface area contributed by atoms with Crippen LogP contribution in [0.25, 0.3) is 11.8 Å². The zero-order chi connectivity index (χ0) is 25.1. The van der Waals surface area contributed by atoms with Crippen LogP contribution in [0.1, 0.15) is 29.7 Å². The SMILES string of the molecule is CCOC(=O)C1=C(c2ccccc2)N=c2s/c(=C/c3ccc(SC)cc3)c(=O)n2[C@@H]1c1ccccc1. The molecule has 1 aromatic heterocycles. The van der Waals surface area contributed by atoms with Gasteiger partial charge in [0.25, 0.3) is 5.56 Å². The van der Waals surface area contributed by atoms with Crippen molar-refractivity contribution in [1.29, 1.82) is 0 Å². The fourth-order valence-electron chi connectivity index (χ4n) is 4.24. The lowest BCUT2D eigenvalue weighted by Crippen LogP contribution is -2.39. The van der Waals surface area contributed by atoms with Gasteiger partial charge in [0.05, 0.1) is 28.5 Å². The van der Waals surface area contributed by atoms with E-state index in [9.17, 15) is 9.59 Å². The third-order valence-electron chi connectivity index (χ3n) is 5.90. The maximum absolute atomic E-state index is 13.8. The number of ether oxygens (including phenoxy) is 1. The lowest BCUT2D eigenvalue weighted by atomic mass is 9.93. The summed E-state index contributed by atoms with van der Waals surface area (Å²) in [6.07, 6.45) is 3.91. The summed E-state index contributed by atoms with van der Waals surface area (Å²) in [5.74, 6) is -0.476. The van der Waals surface area contributed by atoms with Crippen molar-refractivity contribution in [2.24, 2.45) is 4.99 Å². The highest BCUT2D eigenvalue weighted by atomic mass is 32.2. The molecule has 0 spiro atoms. The number of esters is 1. The van der Waals surface area contributed by atoms with Crippen LogP contribution in [0.15, 0.2) is 105 Å². The van der Waals surface area contributed by atoms with Crippen molar-refractivity contribution >= 4 is 40.8 Å².